The summed E-state index contributed by atoms with van der Waals surface area (Å²) in [6, 6.07) is 17.5. The molecule has 0 bridgehead atoms. The number of hydrogen-bond acceptors (Lipinski definition) is 5. The van der Waals surface area contributed by atoms with Crippen molar-refractivity contribution in [3.05, 3.63) is 102 Å². The lowest BCUT2D eigenvalue weighted by Gasteiger charge is -2.10. The minimum atomic E-state index is -0.963. The second-order valence-corrected chi connectivity index (χ2v) is 9.91. The van der Waals surface area contributed by atoms with Crippen molar-refractivity contribution >= 4 is 54.9 Å². The number of rotatable bonds is 9. The molecule has 3 aromatic carbocycles. The van der Waals surface area contributed by atoms with E-state index in [9.17, 15) is 9.59 Å². The van der Waals surface area contributed by atoms with Crippen LogP contribution in [-0.4, -0.2) is 27.0 Å². The van der Waals surface area contributed by atoms with Crippen LogP contribution in [0.4, 0.5) is 0 Å². The highest BCUT2D eigenvalue weighted by Gasteiger charge is 2.11. The molecular formula is C27H23Br2N3O4. The second kappa shape index (κ2) is 11.6. The van der Waals surface area contributed by atoms with Gasteiger partial charge in [0.05, 0.1) is 27.2 Å². The number of hydrogen-bond donors (Lipinski definition) is 1. The van der Waals surface area contributed by atoms with E-state index >= 15 is 0 Å². The third-order valence-electron chi connectivity index (χ3n) is 5.50. The maximum absolute atomic E-state index is 13.2. The Morgan fingerprint density at radius 3 is 2.58 bits per heavy atom. The topological polar surface area (TPSA) is 93.8 Å². The average Bonchev–Trinajstić information content (AvgIpc) is 2.87. The number of benzene rings is 3. The van der Waals surface area contributed by atoms with Crippen LogP contribution in [0.1, 0.15) is 47.1 Å². The van der Waals surface area contributed by atoms with Crippen LogP contribution < -0.4 is 10.3 Å². The Kier molecular flexibility index (Phi) is 8.32. The molecule has 7 nitrogen and oxygen atoms in total. The van der Waals surface area contributed by atoms with Crippen molar-refractivity contribution in [2.24, 2.45) is 5.10 Å². The zero-order valence-corrected chi connectivity index (χ0v) is 22.6. The van der Waals surface area contributed by atoms with Gasteiger partial charge in [0.15, 0.2) is 0 Å². The lowest BCUT2D eigenvalue weighted by molar-refractivity contribution is 0.0697. The maximum Gasteiger partial charge on any atom is 0.335 e. The van der Waals surface area contributed by atoms with E-state index in [4.69, 9.17) is 14.8 Å². The first-order chi connectivity index (χ1) is 17.4. The van der Waals surface area contributed by atoms with Crippen LogP contribution in [0.15, 0.2) is 79.5 Å². The molecule has 4 rings (SSSR count). The molecule has 0 unspecified atom stereocenters. The monoisotopic (exact) mass is 611 g/mol. The zero-order chi connectivity index (χ0) is 25.7. The highest BCUT2D eigenvalue weighted by Crippen LogP contribution is 2.26. The summed E-state index contributed by atoms with van der Waals surface area (Å²) in [7, 11) is 0. The Bertz CT molecular complexity index is 1500. The number of fused-ring (bicyclic) bond motifs is 1. The summed E-state index contributed by atoms with van der Waals surface area (Å²) in [5, 5.41) is 14.0. The fourth-order valence-corrected chi connectivity index (χ4v) is 4.43. The van der Waals surface area contributed by atoms with Gasteiger partial charge < -0.3 is 9.84 Å². The van der Waals surface area contributed by atoms with Gasteiger partial charge in [0.2, 0.25) is 0 Å². The number of aryl methyl sites for hydroxylation is 1. The Morgan fingerprint density at radius 2 is 1.89 bits per heavy atom. The summed E-state index contributed by atoms with van der Waals surface area (Å²) < 4.78 is 8.79. The summed E-state index contributed by atoms with van der Waals surface area (Å²) in [4.78, 5) is 28.9. The Morgan fingerprint density at radius 1 is 1.11 bits per heavy atom. The first kappa shape index (κ1) is 25.8. The number of aromatic nitrogens is 2. The van der Waals surface area contributed by atoms with Crippen molar-refractivity contribution < 1.29 is 14.6 Å². The van der Waals surface area contributed by atoms with Crippen LogP contribution in [0.25, 0.3) is 10.9 Å². The molecule has 1 N–H and O–H groups in total. The number of nitrogens with zero attached hydrogens (tertiary/aromatic N) is 3. The van der Waals surface area contributed by atoms with E-state index in [0.717, 1.165) is 32.9 Å². The van der Waals surface area contributed by atoms with E-state index in [0.29, 0.717) is 35.5 Å². The van der Waals surface area contributed by atoms with Crippen LogP contribution in [-0.2, 0) is 13.0 Å². The number of carboxylic acids is 1. The van der Waals surface area contributed by atoms with Crippen LogP contribution in [0.5, 0.6) is 5.75 Å². The summed E-state index contributed by atoms with van der Waals surface area (Å²) in [5.41, 5.74) is 2.31. The van der Waals surface area contributed by atoms with Gasteiger partial charge >= 0.3 is 5.97 Å². The minimum absolute atomic E-state index is 0.211. The second-order valence-electron chi connectivity index (χ2n) is 8.14. The molecule has 0 radical (unpaired) electrons. The van der Waals surface area contributed by atoms with Crippen molar-refractivity contribution in [2.75, 3.05) is 0 Å². The van der Waals surface area contributed by atoms with E-state index in [1.807, 2.05) is 30.3 Å². The van der Waals surface area contributed by atoms with Gasteiger partial charge in [-0.15, -0.1) is 0 Å². The van der Waals surface area contributed by atoms with Gasteiger partial charge in [0.25, 0.3) is 5.56 Å². The van der Waals surface area contributed by atoms with Crippen molar-refractivity contribution in [1.82, 2.24) is 9.66 Å². The van der Waals surface area contributed by atoms with Gasteiger partial charge in [0.1, 0.15) is 18.2 Å². The number of carboxylic acid groups (broad SMARTS) is 1. The molecule has 0 aliphatic carbocycles. The van der Waals surface area contributed by atoms with Crippen molar-refractivity contribution in [2.45, 2.75) is 32.8 Å². The molecule has 0 spiro atoms. The highest BCUT2D eigenvalue weighted by molar-refractivity contribution is 9.10. The molecule has 0 saturated heterocycles. The fourth-order valence-electron chi connectivity index (χ4n) is 3.55. The van der Waals surface area contributed by atoms with E-state index in [-0.39, 0.29) is 11.1 Å². The SMILES string of the molecule is CCCCc1nc2ccc(Br)cc2c(=O)n1N=Cc1ccc(OCc2ccc(C(=O)O)cc2)c(Br)c1. The Labute approximate surface area is 224 Å². The molecule has 0 fully saturated rings. The summed E-state index contributed by atoms with van der Waals surface area (Å²) in [6.07, 6.45) is 4.16. The maximum atomic E-state index is 13.2. The van der Waals surface area contributed by atoms with Crippen LogP contribution in [0.3, 0.4) is 0 Å². The summed E-state index contributed by atoms with van der Waals surface area (Å²) in [6.45, 7) is 2.39. The number of carbonyl (C=O) groups is 1. The lowest BCUT2D eigenvalue weighted by atomic mass is 10.1. The van der Waals surface area contributed by atoms with Crippen molar-refractivity contribution in [3.63, 3.8) is 0 Å². The predicted octanol–water partition coefficient (Wildman–Crippen LogP) is 6.42. The minimum Gasteiger partial charge on any atom is -0.488 e. The first-order valence-electron chi connectivity index (χ1n) is 11.4. The standard InChI is InChI=1S/C27H23Br2N3O4/c1-2-3-4-25-31-23-11-10-20(28)14-21(23)26(33)32(25)30-15-18-7-12-24(22(29)13-18)36-16-17-5-8-19(9-6-17)27(34)35/h5-15H,2-4,16H2,1H3,(H,34,35). The number of aromatic carboxylic acids is 1. The third kappa shape index (κ3) is 6.09. The predicted molar refractivity (Wildman–Crippen MR) is 147 cm³/mol. The number of halogens is 2. The third-order valence-corrected chi connectivity index (χ3v) is 6.62. The van der Waals surface area contributed by atoms with Gasteiger partial charge in [-0.25, -0.2) is 9.78 Å². The molecule has 0 aliphatic rings. The molecule has 0 atom stereocenters. The first-order valence-corrected chi connectivity index (χ1v) is 12.9. The summed E-state index contributed by atoms with van der Waals surface area (Å²) in [5.74, 6) is 0.294. The van der Waals surface area contributed by atoms with E-state index in [1.54, 1.807) is 36.5 Å². The van der Waals surface area contributed by atoms with Crippen molar-refractivity contribution in [1.29, 1.82) is 0 Å². The molecule has 0 amide bonds. The van der Waals surface area contributed by atoms with Crippen LogP contribution in [0, 0.1) is 0 Å². The van der Waals surface area contributed by atoms with Crippen LogP contribution >= 0.6 is 31.9 Å². The lowest BCUT2D eigenvalue weighted by Crippen LogP contribution is -2.22. The van der Waals surface area contributed by atoms with Gasteiger partial charge in [-0.2, -0.15) is 9.78 Å². The molecule has 4 aromatic rings. The zero-order valence-electron chi connectivity index (χ0n) is 19.4. The Hall–Kier alpha value is -3.30. The van der Waals surface area contributed by atoms with Gasteiger partial charge in [-0.3, -0.25) is 4.79 Å². The van der Waals surface area contributed by atoms with Crippen molar-refractivity contribution in [3.8, 4) is 5.75 Å². The Balaban J connectivity index is 1.55. The molecule has 1 aromatic heterocycles. The van der Waals surface area contributed by atoms with Gasteiger partial charge in [0, 0.05) is 10.9 Å². The van der Waals surface area contributed by atoms with Gasteiger partial charge in [-0.1, -0.05) is 41.4 Å². The van der Waals surface area contributed by atoms with E-state index < -0.39 is 5.97 Å². The molecule has 184 valence electrons. The largest absolute Gasteiger partial charge is 0.488 e. The number of ether oxygens (including phenoxy) is 1. The smallest absolute Gasteiger partial charge is 0.335 e. The normalized spacial score (nSPS) is 11.3. The molecule has 0 saturated carbocycles. The molecule has 1 heterocycles. The van der Waals surface area contributed by atoms with E-state index in [1.165, 1.54) is 4.68 Å². The van der Waals surface area contributed by atoms with E-state index in [2.05, 4.69) is 43.9 Å². The average molecular weight is 613 g/mol. The van der Waals surface area contributed by atoms with Gasteiger partial charge in [-0.05, 0) is 82.0 Å². The molecule has 0 aliphatic heterocycles. The fraction of sp³-hybridized carbons (Fsp3) is 0.185. The quantitative estimate of drug-likeness (QED) is 0.220. The van der Waals surface area contributed by atoms with Crippen LogP contribution in [0.2, 0.25) is 0 Å². The highest BCUT2D eigenvalue weighted by atomic mass is 79.9. The molecule has 9 heteroatoms. The summed E-state index contributed by atoms with van der Waals surface area (Å²) >= 11 is 6.95. The number of unbranched alkanes of at least 4 members (excludes halogenated alkanes) is 1. The molecular weight excluding hydrogens is 590 g/mol. The molecule has 36 heavy (non-hydrogen) atoms.